The minimum absolute atomic E-state index is 0.606. The van der Waals surface area contributed by atoms with Gasteiger partial charge < -0.3 is 4.90 Å². The largest absolute Gasteiger partial charge is 0.353 e. The number of hydrogen-bond donors (Lipinski definition) is 0. The van der Waals surface area contributed by atoms with Gasteiger partial charge in [0.1, 0.15) is 4.32 Å². The Hall–Kier alpha value is -0.190. The predicted molar refractivity (Wildman–Crippen MR) is 93.0 cm³/mol. The summed E-state index contributed by atoms with van der Waals surface area (Å²) in [6, 6.07) is 11.2. The van der Waals surface area contributed by atoms with E-state index < -0.39 is 0 Å². The molecule has 1 aromatic carbocycles. The van der Waals surface area contributed by atoms with E-state index in [-0.39, 0.29) is 0 Å². The van der Waals surface area contributed by atoms with E-state index in [1.54, 1.807) is 11.8 Å². The summed E-state index contributed by atoms with van der Waals surface area (Å²) >= 11 is 9.53. The summed E-state index contributed by atoms with van der Waals surface area (Å²) < 4.78 is 1.07. The number of nitrogens with zero attached hydrogens (tertiary/aromatic N) is 1. The van der Waals surface area contributed by atoms with E-state index in [2.05, 4.69) is 60.8 Å². The average Bonchev–Trinajstić information content (AvgIpc) is 2.45. The Kier molecular flexibility index (Phi) is 6.05. The van der Waals surface area contributed by atoms with Gasteiger partial charge in [-0.2, -0.15) is 11.8 Å². The van der Waals surface area contributed by atoms with Gasteiger partial charge in [-0.1, -0.05) is 68.2 Å². The molecule has 0 aromatic heterocycles. The maximum absolute atomic E-state index is 5.65. The molecule has 0 radical (unpaired) electrons. The summed E-state index contributed by atoms with van der Waals surface area (Å²) in [5.41, 5.74) is 1.35. The van der Waals surface area contributed by atoms with Gasteiger partial charge in [-0.15, -0.1) is 0 Å². The monoisotopic (exact) mass is 311 g/mol. The van der Waals surface area contributed by atoms with E-state index in [0.29, 0.717) is 11.3 Å². The topological polar surface area (TPSA) is 3.24 Å². The SMILES string of the molecule is CCC1C(C)SCCN1C(=S)SCc1ccccc1. The van der Waals surface area contributed by atoms with Crippen LogP contribution in [0.2, 0.25) is 0 Å². The highest BCUT2D eigenvalue weighted by atomic mass is 32.2. The van der Waals surface area contributed by atoms with Crippen LogP contribution >= 0.6 is 35.7 Å². The minimum Gasteiger partial charge on any atom is -0.353 e. The fourth-order valence-electron chi connectivity index (χ4n) is 2.45. The van der Waals surface area contributed by atoms with Crippen molar-refractivity contribution in [2.75, 3.05) is 12.3 Å². The summed E-state index contributed by atoms with van der Waals surface area (Å²) in [6.45, 7) is 5.70. The second-order valence-electron chi connectivity index (χ2n) is 4.79. The molecule has 1 aliphatic heterocycles. The molecule has 1 fully saturated rings. The van der Waals surface area contributed by atoms with Gasteiger partial charge in [-0.05, 0) is 12.0 Å². The zero-order valence-corrected chi connectivity index (χ0v) is 14.0. The summed E-state index contributed by atoms with van der Waals surface area (Å²) in [6.07, 6.45) is 1.18. The molecule has 1 nitrogen and oxygen atoms in total. The maximum atomic E-state index is 5.65. The third-order valence-electron chi connectivity index (χ3n) is 3.51. The van der Waals surface area contributed by atoms with Crippen LogP contribution in [-0.4, -0.2) is 32.8 Å². The number of hydrogen-bond acceptors (Lipinski definition) is 3. The van der Waals surface area contributed by atoms with Gasteiger partial charge in [0.05, 0.1) is 0 Å². The lowest BCUT2D eigenvalue weighted by atomic mass is 10.1. The minimum atomic E-state index is 0.606. The Morgan fingerprint density at radius 2 is 2.16 bits per heavy atom. The number of thioether (sulfide) groups is 2. The van der Waals surface area contributed by atoms with Crippen LogP contribution in [0, 0.1) is 0 Å². The molecule has 4 heteroatoms. The van der Waals surface area contributed by atoms with E-state index in [9.17, 15) is 0 Å². The lowest BCUT2D eigenvalue weighted by Gasteiger charge is -2.40. The van der Waals surface area contributed by atoms with Crippen molar-refractivity contribution < 1.29 is 0 Å². The van der Waals surface area contributed by atoms with Gasteiger partial charge in [0.25, 0.3) is 0 Å². The van der Waals surface area contributed by atoms with Crippen LogP contribution in [0.25, 0.3) is 0 Å². The second kappa shape index (κ2) is 7.55. The first-order valence-corrected chi connectivity index (χ1v) is 9.25. The molecular formula is C15H21NS3. The van der Waals surface area contributed by atoms with Crippen molar-refractivity contribution in [3.05, 3.63) is 35.9 Å². The number of rotatable bonds is 3. The molecule has 0 bridgehead atoms. The van der Waals surface area contributed by atoms with Crippen molar-refractivity contribution in [3.63, 3.8) is 0 Å². The average molecular weight is 312 g/mol. The quantitative estimate of drug-likeness (QED) is 0.760. The van der Waals surface area contributed by atoms with Crippen LogP contribution in [0.5, 0.6) is 0 Å². The summed E-state index contributed by atoms with van der Waals surface area (Å²) in [5, 5.41) is 0.689. The Labute approximate surface area is 130 Å². The predicted octanol–water partition coefficient (Wildman–Crippen LogP) is 4.42. The van der Waals surface area contributed by atoms with Gasteiger partial charge in [0.15, 0.2) is 0 Å². The first-order chi connectivity index (χ1) is 9.22. The van der Waals surface area contributed by atoms with Crippen LogP contribution in [-0.2, 0) is 5.75 Å². The molecule has 0 spiro atoms. The van der Waals surface area contributed by atoms with Gasteiger partial charge in [0, 0.05) is 29.3 Å². The molecule has 2 rings (SSSR count). The number of benzene rings is 1. The van der Waals surface area contributed by atoms with Gasteiger partial charge in [-0.3, -0.25) is 0 Å². The van der Waals surface area contributed by atoms with Crippen LogP contribution in [0.1, 0.15) is 25.8 Å². The van der Waals surface area contributed by atoms with E-state index in [0.717, 1.165) is 16.6 Å². The fourth-order valence-corrected chi connectivity index (χ4v) is 4.96. The van der Waals surface area contributed by atoms with Crippen molar-refractivity contribution >= 4 is 40.1 Å². The summed E-state index contributed by atoms with van der Waals surface area (Å²) in [7, 11) is 0. The Morgan fingerprint density at radius 1 is 1.42 bits per heavy atom. The first-order valence-electron chi connectivity index (χ1n) is 6.81. The van der Waals surface area contributed by atoms with Crippen molar-refractivity contribution in [2.24, 2.45) is 0 Å². The third kappa shape index (κ3) is 4.14. The van der Waals surface area contributed by atoms with Gasteiger partial charge in [0.2, 0.25) is 0 Å². The standard InChI is InChI=1S/C15H21NS3/c1-3-14-12(2)18-10-9-16(14)15(17)19-11-13-7-5-4-6-8-13/h4-8,12,14H,3,9-11H2,1-2H3. The molecule has 2 atom stereocenters. The molecule has 2 unspecified atom stereocenters. The van der Waals surface area contributed by atoms with Gasteiger partial charge >= 0.3 is 0 Å². The molecule has 0 saturated carbocycles. The van der Waals surface area contributed by atoms with Gasteiger partial charge in [-0.25, -0.2) is 0 Å². The Bertz CT molecular complexity index is 407. The van der Waals surface area contributed by atoms with E-state index >= 15 is 0 Å². The molecule has 0 N–H and O–H groups in total. The van der Waals surface area contributed by atoms with Crippen LogP contribution < -0.4 is 0 Å². The Balaban J connectivity index is 1.91. The summed E-state index contributed by atoms with van der Waals surface area (Å²) in [4.78, 5) is 2.45. The molecule has 1 heterocycles. The van der Waals surface area contributed by atoms with Crippen molar-refractivity contribution in [2.45, 2.75) is 37.3 Å². The van der Waals surface area contributed by atoms with E-state index in [4.69, 9.17) is 12.2 Å². The molecule has 104 valence electrons. The van der Waals surface area contributed by atoms with Crippen LogP contribution in [0.4, 0.5) is 0 Å². The molecule has 1 aliphatic rings. The number of thiocarbonyl (C=S) groups is 1. The smallest absolute Gasteiger partial charge is 0.137 e. The molecule has 1 saturated heterocycles. The van der Waals surface area contributed by atoms with E-state index in [1.165, 1.54) is 17.7 Å². The zero-order valence-electron chi connectivity index (χ0n) is 11.5. The summed E-state index contributed by atoms with van der Waals surface area (Å²) in [5.74, 6) is 2.18. The lowest BCUT2D eigenvalue weighted by Crippen LogP contribution is -2.47. The Morgan fingerprint density at radius 3 is 2.84 bits per heavy atom. The molecule has 1 aromatic rings. The molecule has 19 heavy (non-hydrogen) atoms. The molecule has 0 aliphatic carbocycles. The third-order valence-corrected chi connectivity index (χ3v) is 6.32. The van der Waals surface area contributed by atoms with Crippen molar-refractivity contribution in [1.29, 1.82) is 0 Å². The fraction of sp³-hybridized carbons (Fsp3) is 0.533. The zero-order chi connectivity index (χ0) is 13.7. The van der Waals surface area contributed by atoms with Crippen LogP contribution in [0.3, 0.4) is 0 Å². The normalized spacial score (nSPS) is 23.4. The highest BCUT2D eigenvalue weighted by Crippen LogP contribution is 2.29. The maximum Gasteiger partial charge on any atom is 0.137 e. The molecular weight excluding hydrogens is 290 g/mol. The van der Waals surface area contributed by atoms with Crippen LogP contribution in [0.15, 0.2) is 30.3 Å². The highest BCUT2D eigenvalue weighted by Gasteiger charge is 2.29. The molecule has 0 amide bonds. The highest BCUT2D eigenvalue weighted by molar-refractivity contribution is 8.22. The van der Waals surface area contributed by atoms with E-state index in [1.807, 2.05) is 0 Å². The lowest BCUT2D eigenvalue weighted by molar-refractivity contribution is 0.315. The first kappa shape index (κ1) is 15.2. The van der Waals surface area contributed by atoms with Crippen molar-refractivity contribution in [3.8, 4) is 0 Å². The van der Waals surface area contributed by atoms with Crippen molar-refractivity contribution in [1.82, 2.24) is 4.90 Å². The second-order valence-corrected chi connectivity index (χ2v) is 7.88.